The van der Waals surface area contributed by atoms with Crippen molar-refractivity contribution >= 4 is 39.0 Å². The number of fused-ring (bicyclic) bond motifs is 1. The third-order valence-corrected chi connectivity index (χ3v) is 7.32. The van der Waals surface area contributed by atoms with Gasteiger partial charge in [-0.05, 0) is 49.2 Å². The quantitative estimate of drug-likeness (QED) is 0.301. The van der Waals surface area contributed by atoms with Gasteiger partial charge < -0.3 is 10.1 Å². The second-order valence-corrected chi connectivity index (χ2v) is 9.66. The second-order valence-electron chi connectivity index (χ2n) is 7.79. The molecule has 35 heavy (non-hydrogen) atoms. The minimum absolute atomic E-state index is 0.0376. The third-order valence-electron chi connectivity index (χ3n) is 5.51. The van der Waals surface area contributed by atoms with Crippen molar-refractivity contribution in [2.75, 3.05) is 16.2 Å². The van der Waals surface area contributed by atoms with Crippen molar-refractivity contribution in [3.8, 4) is 0 Å². The number of sulfonamides is 1. The molecule has 3 aromatic carbocycles. The van der Waals surface area contributed by atoms with Crippen LogP contribution in [0.15, 0.2) is 77.7 Å². The van der Waals surface area contributed by atoms with Gasteiger partial charge in [0.2, 0.25) is 0 Å². The topological polar surface area (TPSA) is 136 Å². The van der Waals surface area contributed by atoms with Gasteiger partial charge in [-0.25, -0.2) is 13.2 Å². The first-order valence-electron chi connectivity index (χ1n) is 10.6. The molecule has 0 bridgehead atoms. The van der Waals surface area contributed by atoms with Crippen LogP contribution in [0.1, 0.15) is 22.8 Å². The lowest BCUT2D eigenvalue weighted by molar-refractivity contribution is -0.383. The monoisotopic (exact) mass is 495 g/mol. The van der Waals surface area contributed by atoms with E-state index in [0.717, 1.165) is 5.56 Å². The number of hydrogen-bond donors (Lipinski definition) is 1. The summed E-state index contributed by atoms with van der Waals surface area (Å²) in [6.45, 7) is 1.60. The first-order chi connectivity index (χ1) is 16.7. The van der Waals surface area contributed by atoms with Gasteiger partial charge in [-0.3, -0.25) is 19.2 Å². The molecule has 1 heterocycles. The Morgan fingerprint density at radius 2 is 1.77 bits per heavy atom. The smallest absolute Gasteiger partial charge is 0.338 e. The standard InChI is InChI=1S/C24H21N3O7S/c1-16(23(28)25-20-10-3-5-12-22(20)27(30)31)34-24(29)18-8-6-9-19(15-18)35(32,33)26-14-13-17-7-2-4-11-21(17)26/h2-12,15-16H,13-14H2,1H3,(H,25,28). The Hall–Kier alpha value is -4.25. The molecule has 1 aliphatic rings. The van der Waals surface area contributed by atoms with Crippen molar-refractivity contribution in [1.29, 1.82) is 0 Å². The lowest BCUT2D eigenvalue weighted by Gasteiger charge is -2.20. The van der Waals surface area contributed by atoms with Gasteiger partial charge in [0, 0.05) is 12.6 Å². The number of nitro benzene ring substituents is 1. The number of anilines is 2. The maximum absolute atomic E-state index is 13.2. The molecule has 0 radical (unpaired) electrons. The minimum Gasteiger partial charge on any atom is -0.449 e. The first kappa shape index (κ1) is 23.9. The van der Waals surface area contributed by atoms with E-state index in [9.17, 15) is 28.1 Å². The van der Waals surface area contributed by atoms with E-state index in [1.807, 2.05) is 12.1 Å². The third kappa shape index (κ3) is 4.85. The van der Waals surface area contributed by atoms with Crippen LogP contribution in [-0.2, 0) is 26.0 Å². The molecule has 1 N–H and O–H groups in total. The Bertz CT molecular complexity index is 1420. The molecule has 0 saturated carbocycles. The maximum atomic E-state index is 13.2. The van der Waals surface area contributed by atoms with Crippen molar-refractivity contribution in [2.45, 2.75) is 24.3 Å². The summed E-state index contributed by atoms with van der Waals surface area (Å²) in [5.41, 5.74) is 1.12. The van der Waals surface area contributed by atoms with E-state index in [2.05, 4.69) is 5.32 Å². The van der Waals surface area contributed by atoms with Crippen molar-refractivity contribution in [3.63, 3.8) is 0 Å². The molecule has 3 aromatic rings. The summed E-state index contributed by atoms with van der Waals surface area (Å²) < 4.78 is 33.0. The summed E-state index contributed by atoms with van der Waals surface area (Å²) in [5.74, 6) is -1.68. The van der Waals surface area contributed by atoms with Crippen LogP contribution in [0.4, 0.5) is 17.1 Å². The van der Waals surface area contributed by atoms with E-state index in [1.54, 1.807) is 12.1 Å². The van der Waals surface area contributed by atoms with Crippen LogP contribution < -0.4 is 9.62 Å². The number of esters is 1. The van der Waals surface area contributed by atoms with Crippen LogP contribution in [0.3, 0.4) is 0 Å². The van der Waals surface area contributed by atoms with Gasteiger partial charge in [-0.2, -0.15) is 0 Å². The molecule has 0 saturated heterocycles. The fourth-order valence-electron chi connectivity index (χ4n) is 3.72. The summed E-state index contributed by atoms with van der Waals surface area (Å²) in [7, 11) is -3.92. The number of nitrogens with one attached hydrogen (secondary N) is 1. The average molecular weight is 496 g/mol. The summed E-state index contributed by atoms with van der Waals surface area (Å²) in [5, 5.41) is 13.5. The molecular formula is C24H21N3O7S. The molecule has 1 aliphatic heterocycles. The van der Waals surface area contributed by atoms with Crippen LogP contribution in [0.25, 0.3) is 0 Å². The van der Waals surface area contributed by atoms with Crippen LogP contribution in [-0.4, -0.2) is 37.9 Å². The largest absolute Gasteiger partial charge is 0.449 e. The lowest BCUT2D eigenvalue weighted by Crippen LogP contribution is -2.31. The van der Waals surface area contributed by atoms with E-state index in [0.29, 0.717) is 18.7 Å². The SMILES string of the molecule is CC(OC(=O)c1cccc(S(=O)(=O)N2CCc3ccccc32)c1)C(=O)Nc1ccccc1[N+](=O)[O-]. The fourth-order valence-corrected chi connectivity index (χ4v) is 5.27. The number of carbonyl (C=O) groups is 2. The van der Waals surface area contributed by atoms with Gasteiger partial charge in [-0.1, -0.05) is 36.4 Å². The van der Waals surface area contributed by atoms with Gasteiger partial charge in [0.15, 0.2) is 6.10 Å². The van der Waals surface area contributed by atoms with Gasteiger partial charge in [-0.15, -0.1) is 0 Å². The lowest BCUT2D eigenvalue weighted by atomic mass is 10.2. The summed E-state index contributed by atoms with van der Waals surface area (Å²) in [4.78, 5) is 35.5. The van der Waals surface area contributed by atoms with Gasteiger partial charge >= 0.3 is 5.97 Å². The second kappa shape index (κ2) is 9.55. The zero-order valence-corrected chi connectivity index (χ0v) is 19.4. The highest BCUT2D eigenvalue weighted by molar-refractivity contribution is 7.92. The molecule has 0 spiro atoms. The molecule has 0 fully saturated rings. The molecular weight excluding hydrogens is 474 g/mol. The Balaban J connectivity index is 1.49. The molecule has 180 valence electrons. The molecule has 1 atom stereocenters. The predicted molar refractivity (Wildman–Crippen MR) is 128 cm³/mol. The molecule has 0 aliphatic carbocycles. The van der Waals surface area contributed by atoms with E-state index >= 15 is 0 Å². The molecule has 11 heteroatoms. The van der Waals surface area contributed by atoms with Crippen LogP contribution in [0.5, 0.6) is 0 Å². The normalized spacial score (nSPS) is 13.6. The highest BCUT2D eigenvalue weighted by Gasteiger charge is 2.31. The fraction of sp³-hybridized carbons (Fsp3) is 0.167. The van der Waals surface area contributed by atoms with Crippen molar-refractivity contribution in [2.24, 2.45) is 0 Å². The Kier molecular flexibility index (Phi) is 6.52. The van der Waals surface area contributed by atoms with E-state index in [4.69, 9.17) is 4.74 Å². The highest BCUT2D eigenvalue weighted by Crippen LogP contribution is 2.33. The molecule has 10 nitrogen and oxygen atoms in total. The number of nitrogens with zero attached hydrogens (tertiary/aromatic N) is 2. The summed E-state index contributed by atoms with van der Waals surface area (Å²) in [6, 6.07) is 18.2. The van der Waals surface area contributed by atoms with Crippen molar-refractivity contribution < 1.29 is 27.7 Å². The zero-order chi connectivity index (χ0) is 25.2. The molecule has 4 rings (SSSR count). The Morgan fingerprint density at radius 1 is 1.06 bits per heavy atom. The Morgan fingerprint density at radius 3 is 2.54 bits per heavy atom. The number of para-hydroxylation sites is 3. The maximum Gasteiger partial charge on any atom is 0.338 e. The van der Waals surface area contributed by atoms with Crippen LogP contribution >= 0.6 is 0 Å². The van der Waals surface area contributed by atoms with E-state index in [1.165, 1.54) is 59.8 Å². The summed E-state index contributed by atoms with van der Waals surface area (Å²) in [6.07, 6.45) is -0.711. The summed E-state index contributed by atoms with van der Waals surface area (Å²) >= 11 is 0. The number of rotatable bonds is 7. The number of nitro groups is 1. The zero-order valence-electron chi connectivity index (χ0n) is 18.6. The molecule has 1 amide bonds. The van der Waals surface area contributed by atoms with Crippen LogP contribution in [0, 0.1) is 10.1 Å². The van der Waals surface area contributed by atoms with Crippen LogP contribution in [0.2, 0.25) is 0 Å². The first-order valence-corrected chi connectivity index (χ1v) is 12.1. The average Bonchev–Trinajstić information content (AvgIpc) is 3.29. The predicted octanol–water partition coefficient (Wildman–Crippen LogP) is 3.53. The molecule has 0 aromatic heterocycles. The van der Waals surface area contributed by atoms with Crippen molar-refractivity contribution in [1.82, 2.24) is 0 Å². The molecule has 1 unspecified atom stereocenters. The van der Waals surface area contributed by atoms with Gasteiger partial charge in [0.1, 0.15) is 5.69 Å². The van der Waals surface area contributed by atoms with E-state index in [-0.39, 0.29) is 21.8 Å². The minimum atomic E-state index is -3.92. The number of hydrogen-bond acceptors (Lipinski definition) is 7. The van der Waals surface area contributed by atoms with Crippen molar-refractivity contribution in [3.05, 3.63) is 94.0 Å². The van der Waals surface area contributed by atoms with Gasteiger partial charge in [0.25, 0.3) is 21.6 Å². The Labute approximate surface area is 201 Å². The highest BCUT2D eigenvalue weighted by atomic mass is 32.2. The number of ether oxygens (including phenoxy) is 1. The van der Waals surface area contributed by atoms with E-state index < -0.39 is 32.9 Å². The number of amides is 1. The number of benzene rings is 3. The van der Waals surface area contributed by atoms with Gasteiger partial charge in [0.05, 0.1) is 21.1 Å². The number of carbonyl (C=O) groups excluding carboxylic acids is 2.